The van der Waals surface area contributed by atoms with Gasteiger partial charge in [-0.05, 0) is 22.6 Å². The minimum absolute atomic E-state index is 0.711. The highest BCUT2D eigenvalue weighted by Gasteiger charge is 2.49. The lowest BCUT2D eigenvalue weighted by molar-refractivity contribution is 0.0680. The maximum absolute atomic E-state index is 6.08. The lowest BCUT2D eigenvalue weighted by atomic mass is 10.1. The Bertz CT molecular complexity index is 318. The van der Waals surface area contributed by atoms with Crippen molar-refractivity contribution >= 4 is 57.4 Å². The van der Waals surface area contributed by atoms with Gasteiger partial charge in [0.15, 0.2) is 0 Å². The number of ether oxygens (including phenoxy) is 1. The monoisotopic (exact) mass is 348 g/mol. The van der Waals surface area contributed by atoms with Crippen LogP contribution in [0.25, 0.3) is 0 Å². The second-order valence-electron chi connectivity index (χ2n) is 2.68. The van der Waals surface area contributed by atoms with Crippen molar-refractivity contribution in [3.63, 3.8) is 0 Å². The summed E-state index contributed by atoms with van der Waals surface area (Å²) in [5, 5.41) is 0. The van der Waals surface area contributed by atoms with Crippen LogP contribution in [0.15, 0.2) is 24.3 Å². The summed E-state index contributed by atoms with van der Waals surface area (Å²) in [6.45, 7) is 0. The Morgan fingerprint density at radius 3 is 2.15 bits per heavy atom. The molecular weight excluding hydrogens is 345 g/mol. The summed E-state index contributed by atoms with van der Waals surface area (Å²) in [5.74, 6) is 0. The van der Waals surface area contributed by atoms with Crippen LogP contribution in [0.3, 0.4) is 0 Å². The minimum atomic E-state index is -1.33. The van der Waals surface area contributed by atoms with Gasteiger partial charge in [0, 0.05) is 11.1 Å². The highest BCUT2D eigenvalue weighted by Crippen LogP contribution is 2.56. The number of fused-ring (bicyclic) bond motifs is 1. The third-order valence-corrected chi connectivity index (χ3v) is 3.45. The van der Waals surface area contributed by atoms with Crippen molar-refractivity contribution < 1.29 is 4.74 Å². The number of hydrogen-bond acceptors (Lipinski definition) is 1. The zero-order valence-electron chi connectivity index (χ0n) is 6.23. The van der Waals surface area contributed by atoms with Crippen molar-refractivity contribution in [1.29, 1.82) is 0 Å². The third kappa shape index (κ3) is 1.67. The molecule has 5 heteroatoms. The maximum Gasteiger partial charge on any atom is 0.247 e. The first-order valence-electron chi connectivity index (χ1n) is 3.49. The average Bonchev–Trinajstić information content (AvgIpc) is 2.20. The Balaban J connectivity index is 2.64. The van der Waals surface area contributed by atoms with Gasteiger partial charge >= 0.3 is 0 Å². The SMILES string of the molecule is ClC1(Cl)OC(Cl)(I)c2ccccc21. The van der Waals surface area contributed by atoms with E-state index in [0.29, 0.717) is 5.56 Å². The van der Waals surface area contributed by atoms with Gasteiger partial charge in [-0.15, -0.1) is 0 Å². The van der Waals surface area contributed by atoms with Gasteiger partial charge in [-0.3, -0.25) is 0 Å². The summed E-state index contributed by atoms with van der Waals surface area (Å²) < 4.78 is 3.00. The molecule has 0 saturated carbocycles. The van der Waals surface area contributed by atoms with Crippen molar-refractivity contribution in [2.24, 2.45) is 0 Å². The largest absolute Gasteiger partial charge is 0.307 e. The zero-order chi connectivity index (χ0) is 9.69. The third-order valence-electron chi connectivity index (χ3n) is 1.81. The van der Waals surface area contributed by atoms with Gasteiger partial charge in [0.05, 0.1) is 0 Å². The predicted octanol–water partition coefficient (Wildman–Crippen LogP) is 4.09. The smallest absolute Gasteiger partial charge is 0.247 e. The van der Waals surface area contributed by atoms with Gasteiger partial charge < -0.3 is 4.74 Å². The number of alkyl halides is 4. The predicted molar refractivity (Wildman–Crippen MR) is 62.5 cm³/mol. The van der Waals surface area contributed by atoms with E-state index in [4.69, 9.17) is 39.5 Å². The van der Waals surface area contributed by atoms with Crippen molar-refractivity contribution in [1.82, 2.24) is 0 Å². The Morgan fingerprint density at radius 2 is 1.62 bits per heavy atom. The summed E-state index contributed by atoms with van der Waals surface area (Å²) in [4.78, 5) is 0. The van der Waals surface area contributed by atoms with E-state index < -0.39 is 7.59 Å². The van der Waals surface area contributed by atoms with E-state index in [-0.39, 0.29) is 0 Å². The molecule has 0 radical (unpaired) electrons. The molecule has 1 heterocycles. The topological polar surface area (TPSA) is 9.23 Å². The molecule has 0 aliphatic carbocycles. The quantitative estimate of drug-likeness (QED) is 0.506. The van der Waals surface area contributed by atoms with E-state index >= 15 is 0 Å². The highest BCUT2D eigenvalue weighted by molar-refractivity contribution is 14.1. The Hall–Kier alpha value is 0.780. The first kappa shape index (κ1) is 10.3. The molecule has 0 spiro atoms. The van der Waals surface area contributed by atoms with Gasteiger partial charge in [-0.25, -0.2) is 0 Å². The lowest BCUT2D eigenvalue weighted by Crippen LogP contribution is -2.13. The van der Waals surface area contributed by atoms with Crippen LogP contribution < -0.4 is 0 Å². The molecule has 0 N–H and O–H groups in total. The molecule has 0 bridgehead atoms. The molecule has 70 valence electrons. The Labute approximate surface area is 104 Å². The van der Waals surface area contributed by atoms with Crippen molar-refractivity contribution in [2.45, 2.75) is 7.59 Å². The average molecular weight is 349 g/mol. The molecular formula is C8H4Cl3IO. The fourth-order valence-electron chi connectivity index (χ4n) is 1.26. The summed E-state index contributed by atoms with van der Waals surface area (Å²) >= 11 is 19.9. The number of benzene rings is 1. The van der Waals surface area contributed by atoms with Crippen LogP contribution in [0.1, 0.15) is 11.1 Å². The van der Waals surface area contributed by atoms with Gasteiger partial charge in [0.25, 0.3) is 0 Å². The van der Waals surface area contributed by atoms with Crippen LogP contribution in [0.5, 0.6) is 0 Å². The van der Waals surface area contributed by atoms with E-state index in [0.717, 1.165) is 5.56 Å². The van der Waals surface area contributed by atoms with E-state index in [2.05, 4.69) is 0 Å². The summed E-state index contributed by atoms with van der Waals surface area (Å²) in [6.07, 6.45) is 0. The molecule has 0 fully saturated rings. The normalized spacial score (nSPS) is 30.2. The van der Waals surface area contributed by atoms with Gasteiger partial charge in [-0.1, -0.05) is 59.1 Å². The van der Waals surface area contributed by atoms with Gasteiger partial charge in [0.1, 0.15) is 0 Å². The Kier molecular flexibility index (Phi) is 2.49. The number of rotatable bonds is 0. The summed E-state index contributed by atoms with van der Waals surface area (Å²) in [6, 6.07) is 7.36. The second-order valence-corrected chi connectivity index (χ2v) is 6.63. The highest BCUT2D eigenvalue weighted by atomic mass is 127. The van der Waals surface area contributed by atoms with E-state index in [9.17, 15) is 0 Å². The molecule has 1 atom stereocenters. The van der Waals surface area contributed by atoms with E-state index in [1.165, 1.54) is 0 Å². The number of hydrogen-bond donors (Lipinski definition) is 0. The van der Waals surface area contributed by atoms with Crippen molar-refractivity contribution in [3.05, 3.63) is 35.4 Å². The van der Waals surface area contributed by atoms with Gasteiger partial charge in [0.2, 0.25) is 7.59 Å². The van der Waals surface area contributed by atoms with Crippen LogP contribution in [0.4, 0.5) is 0 Å². The Morgan fingerprint density at radius 1 is 1.08 bits per heavy atom. The maximum atomic E-state index is 6.08. The molecule has 2 rings (SSSR count). The van der Waals surface area contributed by atoms with Crippen LogP contribution in [0, 0.1) is 0 Å². The molecule has 0 aromatic heterocycles. The zero-order valence-corrected chi connectivity index (χ0v) is 10.7. The van der Waals surface area contributed by atoms with Crippen LogP contribution in [0.2, 0.25) is 0 Å². The molecule has 1 aliphatic rings. The fraction of sp³-hybridized carbons (Fsp3) is 0.250. The number of halogens is 4. The second kappa shape index (κ2) is 3.14. The molecule has 1 aliphatic heterocycles. The van der Waals surface area contributed by atoms with E-state index in [1.807, 2.05) is 40.8 Å². The first-order valence-corrected chi connectivity index (χ1v) is 5.70. The molecule has 1 aromatic rings. The van der Waals surface area contributed by atoms with Crippen LogP contribution in [-0.4, -0.2) is 0 Å². The molecule has 13 heavy (non-hydrogen) atoms. The standard InChI is InChI=1S/C8H4Cl3IO/c9-7(10)5-3-1-2-4-6(5)8(11,12)13-7/h1-4H. The summed E-state index contributed by atoms with van der Waals surface area (Å²) in [7, 11) is 0. The molecule has 1 nitrogen and oxygen atoms in total. The van der Waals surface area contributed by atoms with Crippen LogP contribution in [-0.2, 0) is 12.3 Å². The first-order chi connectivity index (χ1) is 5.93. The van der Waals surface area contributed by atoms with Gasteiger partial charge in [-0.2, -0.15) is 0 Å². The molecule has 0 saturated heterocycles. The van der Waals surface area contributed by atoms with E-state index in [1.54, 1.807) is 6.07 Å². The lowest BCUT2D eigenvalue weighted by Gasteiger charge is -2.16. The van der Waals surface area contributed by atoms with Crippen molar-refractivity contribution in [3.8, 4) is 0 Å². The molecule has 0 amide bonds. The summed E-state index contributed by atoms with van der Waals surface area (Å²) in [5.41, 5.74) is 1.52. The molecule has 1 aromatic carbocycles. The fourth-order valence-corrected chi connectivity index (χ4v) is 3.24. The van der Waals surface area contributed by atoms with Crippen LogP contribution >= 0.6 is 57.4 Å². The molecule has 1 unspecified atom stereocenters. The van der Waals surface area contributed by atoms with Crippen molar-refractivity contribution in [2.75, 3.05) is 0 Å². The minimum Gasteiger partial charge on any atom is -0.307 e.